The van der Waals surface area contributed by atoms with E-state index >= 15 is 0 Å². The van der Waals surface area contributed by atoms with Crippen LogP contribution in [0, 0.1) is 0 Å². The minimum absolute atomic E-state index is 0.385. The van der Waals surface area contributed by atoms with Crippen LogP contribution in [0.25, 0.3) is 10.1 Å². The van der Waals surface area contributed by atoms with Crippen LogP contribution in [0.2, 0.25) is 10.0 Å². The van der Waals surface area contributed by atoms with Gasteiger partial charge in [0.25, 0.3) is 0 Å². The van der Waals surface area contributed by atoms with Gasteiger partial charge in [-0.25, -0.2) is 0 Å². The van der Waals surface area contributed by atoms with Crippen molar-refractivity contribution in [2.24, 2.45) is 0 Å². The monoisotopic (exact) mass is 316 g/mol. The third kappa shape index (κ3) is 2.84. The van der Waals surface area contributed by atoms with Gasteiger partial charge in [0.2, 0.25) is 0 Å². The second-order valence-corrected chi connectivity index (χ2v) is 5.14. The van der Waals surface area contributed by atoms with Crippen LogP contribution in [-0.4, -0.2) is 0 Å². The van der Waals surface area contributed by atoms with E-state index in [0.717, 1.165) is 5.56 Å². The van der Waals surface area contributed by atoms with Gasteiger partial charge in [0.15, 0.2) is 0 Å². The highest BCUT2D eigenvalue weighted by molar-refractivity contribution is 6.66. The predicted octanol–water partition coefficient (Wildman–Crippen LogP) is 6.30. The molecule has 0 unspecified atom stereocenters. The van der Waals surface area contributed by atoms with E-state index in [-0.39, 0.29) is 0 Å². The summed E-state index contributed by atoms with van der Waals surface area (Å²) in [4.78, 5) is 0. The summed E-state index contributed by atoms with van der Waals surface area (Å²) in [7, 11) is 0. The number of hydrogen-bond acceptors (Lipinski definition) is 0. The van der Waals surface area contributed by atoms with Crippen molar-refractivity contribution in [2.45, 2.75) is 0 Å². The lowest BCUT2D eigenvalue weighted by molar-refractivity contribution is 1.62. The summed E-state index contributed by atoms with van der Waals surface area (Å²) in [5.74, 6) is 0. The summed E-state index contributed by atoms with van der Waals surface area (Å²) in [6.07, 6.45) is 0. The maximum absolute atomic E-state index is 6.27. The van der Waals surface area contributed by atoms with E-state index in [2.05, 4.69) is 0 Å². The fraction of sp³-hybridized carbons (Fsp3) is 0. The SMILES string of the molecule is ClC(=C(Cl)c1cccc(Cl)c1Cl)c1ccccc1. The van der Waals surface area contributed by atoms with Crippen molar-refractivity contribution in [3.05, 3.63) is 69.7 Å². The van der Waals surface area contributed by atoms with Gasteiger partial charge in [-0.05, 0) is 11.6 Å². The molecule has 0 aliphatic heterocycles. The summed E-state index contributed by atoms with van der Waals surface area (Å²) in [5.41, 5.74) is 1.46. The fourth-order valence-corrected chi connectivity index (χ4v) is 2.44. The zero-order valence-electron chi connectivity index (χ0n) is 9.13. The van der Waals surface area contributed by atoms with E-state index in [1.54, 1.807) is 18.2 Å². The fourth-order valence-electron chi connectivity index (χ4n) is 1.50. The smallest absolute Gasteiger partial charge is 0.0686 e. The van der Waals surface area contributed by atoms with E-state index < -0.39 is 0 Å². The molecule has 0 atom stereocenters. The van der Waals surface area contributed by atoms with Gasteiger partial charge in [-0.2, -0.15) is 0 Å². The van der Waals surface area contributed by atoms with Crippen LogP contribution in [0.3, 0.4) is 0 Å². The molecule has 18 heavy (non-hydrogen) atoms. The van der Waals surface area contributed by atoms with E-state index in [9.17, 15) is 0 Å². The largest absolute Gasteiger partial charge is 0.0827 e. The molecule has 0 radical (unpaired) electrons. The first-order valence-electron chi connectivity index (χ1n) is 5.16. The second kappa shape index (κ2) is 5.99. The van der Waals surface area contributed by atoms with Crippen molar-refractivity contribution >= 4 is 56.5 Å². The molecule has 0 heterocycles. The van der Waals surface area contributed by atoms with Gasteiger partial charge in [0.05, 0.1) is 20.1 Å². The molecular weight excluding hydrogens is 310 g/mol. The van der Waals surface area contributed by atoms with Crippen molar-refractivity contribution in [1.82, 2.24) is 0 Å². The number of hydrogen-bond donors (Lipinski definition) is 0. The summed E-state index contributed by atoms with van der Waals surface area (Å²) in [5, 5.41) is 1.68. The highest BCUT2D eigenvalue weighted by Gasteiger charge is 2.12. The molecule has 0 saturated carbocycles. The third-order valence-electron chi connectivity index (χ3n) is 2.41. The molecule has 4 heteroatoms. The molecule has 2 rings (SSSR count). The Morgan fingerprint density at radius 3 is 2.06 bits per heavy atom. The molecular formula is C14H8Cl4. The van der Waals surface area contributed by atoms with Gasteiger partial charge < -0.3 is 0 Å². The standard InChI is InChI=1S/C14H8Cl4/c15-11-8-4-7-10(13(11)17)14(18)12(16)9-5-2-1-3-6-9/h1-8H. The predicted molar refractivity (Wildman–Crippen MR) is 81.4 cm³/mol. The van der Waals surface area contributed by atoms with E-state index in [4.69, 9.17) is 46.4 Å². The minimum Gasteiger partial charge on any atom is -0.0827 e. The average molecular weight is 318 g/mol. The van der Waals surface area contributed by atoms with E-state index in [1.165, 1.54) is 0 Å². The third-order valence-corrected chi connectivity index (χ3v) is 4.12. The van der Waals surface area contributed by atoms with Gasteiger partial charge in [0.1, 0.15) is 0 Å². The second-order valence-electron chi connectivity index (χ2n) is 3.60. The number of rotatable bonds is 2. The highest BCUT2D eigenvalue weighted by atomic mass is 35.5. The summed E-state index contributed by atoms with van der Waals surface area (Å²) < 4.78 is 0. The van der Waals surface area contributed by atoms with Crippen LogP contribution >= 0.6 is 46.4 Å². The maximum atomic E-state index is 6.27. The van der Waals surface area contributed by atoms with Gasteiger partial charge in [-0.15, -0.1) is 0 Å². The van der Waals surface area contributed by atoms with Crippen molar-refractivity contribution < 1.29 is 0 Å². The molecule has 92 valence electrons. The first-order valence-corrected chi connectivity index (χ1v) is 6.67. The summed E-state index contributed by atoms with van der Waals surface area (Å²) >= 11 is 24.6. The Labute approximate surface area is 126 Å². The molecule has 0 spiro atoms. The van der Waals surface area contributed by atoms with Gasteiger partial charge in [-0.3, -0.25) is 0 Å². The van der Waals surface area contributed by atoms with Crippen molar-refractivity contribution in [1.29, 1.82) is 0 Å². The number of benzene rings is 2. The average Bonchev–Trinajstić information content (AvgIpc) is 2.41. The van der Waals surface area contributed by atoms with E-state index in [0.29, 0.717) is 25.7 Å². The Hall–Kier alpha value is -0.660. The topological polar surface area (TPSA) is 0 Å². The quantitative estimate of drug-likeness (QED) is 0.570. The zero-order chi connectivity index (χ0) is 13.1. The van der Waals surface area contributed by atoms with E-state index in [1.807, 2.05) is 30.3 Å². The molecule has 2 aromatic carbocycles. The van der Waals surface area contributed by atoms with Gasteiger partial charge in [-0.1, -0.05) is 88.9 Å². The zero-order valence-corrected chi connectivity index (χ0v) is 12.2. The molecule has 0 saturated heterocycles. The molecule has 0 aliphatic rings. The number of halogens is 4. The Balaban J connectivity index is 2.54. The van der Waals surface area contributed by atoms with Crippen LogP contribution in [0.4, 0.5) is 0 Å². The van der Waals surface area contributed by atoms with Crippen molar-refractivity contribution in [3.63, 3.8) is 0 Å². The lowest BCUT2D eigenvalue weighted by atomic mass is 10.1. The van der Waals surface area contributed by atoms with Crippen LogP contribution in [-0.2, 0) is 0 Å². The molecule has 0 amide bonds. The molecule has 0 fully saturated rings. The Morgan fingerprint density at radius 1 is 0.722 bits per heavy atom. The van der Waals surface area contributed by atoms with Crippen molar-refractivity contribution in [3.8, 4) is 0 Å². The minimum atomic E-state index is 0.385. The maximum Gasteiger partial charge on any atom is 0.0686 e. The summed E-state index contributed by atoms with van der Waals surface area (Å²) in [6.45, 7) is 0. The normalized spacial score (nSPS) is 12.2. The first-order chi connectivity index (χ1) is 8.61. The molecule has 2 aromatic rings. The molecule has 0 bridgehead atoms. The Morgan fingerprint density at radius 2 is 1.39 bits per heavy atom. The lowest BCUT2D eigenvalue weighted by Crippen LogP contribution is -1.84. The van der Waals surface area contributed by atoms with Crippen LogP contribution in [0.15, 0.2) is 48.5 Å². The highest BCUT2D eigenvalue weighted by Crippen LogP contribution is 2.38. The van der Waals surface area contributed by atoms with Crippen LogP contribution in [0.5, 0.6) is 0 Å². The summed E-state index contributed by atoms with van der Waals surface area (Å²) in [6, 6.07) is 14.7. The Bertz CT molecular complexity index is 588. The molecule has 0 aromatic heterocycles. The van der Waals surface area contributed by atoms with Gasteiger partial charge >= 0.3 is 0 Å². The molecule has 0 N–H and O–H groups in total. The molecule has 0 aliphatic carbocycles. The van der Waals surface area contributed by atoms with Crippen LogP contribution in [0.1, 0.15) is 11.1 Å². The Kier molecular flexibility index (Phi) is 4.58. The van der Waals surface area contributed by atoms with Crippen molar-refractivity contribution in [2.75, 3.05) is 0 Å². The van der Waals surface area contributed by atoms with Crippen LogP contribution < -0.4 is 0 Å². The molecule has 0 nitrogen and oxygen atoms in total. The van der Waals surface area contributed by atoms with Gasteiger partial charge in [0, 0.05) is 5.56 Å². The first kappa shape index (κ1) is 13.8. The lowest BCUT2D eigenvalue weighted by Gasteiger charge is -2.07.